The maximum atomic E-state index is 11.4. The standard InChI is InChI=1S/C14H10O3S/c1-18(16,17)8-11-5-10(7-15)12-4-2-3-9-6-13(9)14(11)12/h2-8H,1H3/b11-8+. The first-order valence-electron chi connectivity index (χ1n) is 5.44. The Bertz CT molecular complexity index is 861. The smallest absolute Gasteiger partial charge is 0.169 e. The quantitative estimate of drug-likeness (QED) is 0.630. The number of hydrogen-bond donors (Lipinski definition) is 0. The Labute approximate surface area is 104 Å². The summed E-state index contributed by atoms with van der Waals surface area (Å²) in [6.07, 6.45) is 3.89. The summed E-state index contributed by atoms with van der Waals surface area (Å²) in [5.41, 5.74) is 3.20. The van der Waals surface area contributed by atoms with Crippen molar-refractivity contribution in [2.45, 2.75) is 0 Å². The van der Waals surface area contributed by atoms with Gasteiger partial charge in [0, 0.05) is 17.2 Å². The molecule has 3 aliphatic rings. The van der Waals surface area contributed by atoms with Gasteiger partial charge in [-0.25, -0.2) is 8.42 Å². The lowest BCUT2D eigenvalue weighted by Crippen LogP contribution is -2.04. The summed E-state index contributed by atoms with van der Waals surface area (Å²) in [5.74, 6) is 0. The summed E-state index contributed by atoms with van der Waals surface area (Å²) in [5, 5.41) is 2.90. The van der Waals surface area contributed by atoms with Crippen molar-refractivity contribution in [3.05, 3.63) is 45.8 Å². The second-order valence-corrected chi connectivity index (χ2v) is 6.34. The molecule has 0 fully saturated rings. The fourth-order valence-corrected chi connectivity index (χ4v) is 2.89. The first kappa shape index (κ1) is 11.2. The number of sulfone groups is 1. The third-order valence-corrected chi connectivity index (χ3v) is 3.67. The highest BCUT2D eigenvalue weighted by Crippen LogP contribution is 2.27. The van der Waals surface area contributed by atoms with E-state index < -0.39 is 9.84 Å². The van der Waals surface area contributed by atoms with E-state index in [4.69, 9.17) is 0 Å². The highest BCUT2D eigenvalue weighted by atomic mass is 32.2. The van der Waals surface area contributed by atoms with Crippen LogP contribution in [0.25, 0.3) is 22.6 Å². The van der Waals surface area contributed by atoms with Crippen LogP contribution in [0.5, 0.6) is 0 Å². The Kier molecular flexibility index (Phi) is 2.19. The molecule has 3 nitrogen and oxygen atoms in total. The lowest BCUT2D eigenvalue weighted by Gasteiger charge is -1.95. The van der Waals surface area contributed by atoms with Crippen LogP contribution < -0.4 is 10.4 Å². The van der Waals surface area contributed by atoms with E-state index in [0.29, 0.717) is 10.8 Å². The summed E-state index contributed by atoms with van der Waals surface area (Å²) >= 11 is 0. The molecule has 90 valence electrons. The normalized spacial score (nSPS) is 14.2. The maximum Gasteiger partial charge on any atom is 0.169 e. The van der Waals surface area contributed by atoms with Crippen molar-refractivity contribution >= 4 is 27.6 Å². The molecule has 18 heavy (non-hydrogen) atoms. The summed E-state index contributed by atoms with van der Waals surface area (Å²) < 4.78 is 22.8. The largest absolute Gasteiger partial charge is 0.298 e. The van der Waals surface area contributed by atoms with Gasteiger partial charge in [-0.05, 0) is 39.3 Å². The molecular weight excluding hydrogens is 248 g/mol. The van der Waals surface area contributed by atoms with Gasteiger partial charge in [0.1, 0.15) is 0 Å². The van der Waals surface area contributed by atoms with Gasteiger partial charge in [0.05, 0.1) is 0 Å². The van der Waals surface area contributed by atoms with Crippen LogP contribution in [-0.2, 0) is 9.84 Å². The lowest BCUT2D eigenvalue weighted by atomic mass is 10.1. The van der Waals surface area contributed by atoms with E-state index in [1.54, 1.807) is 6.07 Å². The molecule has 3 rings (SSSR count). The minimum absolute atomic E-state index is 0.526. The minimum atomic E-state index is -3.23. The highest BCUT2D eigenvalue weighted by Gasteiger charge is 2.19. The molecule has 0 unspecified atom stereocenters. The predicted molar refractivity (Wildman–Crippen MR) is 70.6 cm³/mol. The van der Waals surface area contributed by atoms with Crippen LogP contribution in [-0.4, -0.2) is 21.0 Å². The second kappa shape index (κ2) is 3.53. The highest BCUT2D eigenvalue weighted by molar-refractivity contribution is 7.98. The third-order valence-electron chi connectivity index (χ3n) is 2.98. The molecule has 0 atom stereocenters. The molecule has 0 radical (unpaired) electrons. The number of carbonyl (C=O) groups is 1. The van der Waals surface area contributed by atoms with E-state index in [1.807, 2.05) is 24.3 Å². The van der Waals surface area contributed by atoms with Gasteiger partial charge >= 0.3 is 0 Å². The fraction of sp³-hybridized carbons (Fsp3) is 0.0714. The van der Waals surface area contributed by atoms with Crippen molar-refractivity contribution in [2.24, 2.45) is 0 Å². The van der Waals surface area contributed by atoms with Crippen molar-refractivity contribution in [3.8, 4) is 11.1 Å². The van der Waals surface area contributed by atoms with Crippen molar-refractivity contribution < 1.29 is 13.2 Å². The molecular formula is C14H10O3S. The molecule has 0 aliphatic heterocycles. The molecule has 0 spiro atoms. The topological polar surface area (TPSA) is 51.2 Å². The van der Waals surface area contributed by atoms with Crippen LogP contribution in [0.15, 0.2) is 24.3 Å². The van der Waals surface area contributed by atoms with E-state index >= 15 is 0 Å². The molecule has 0 heterocycles. The Morgan fingerprint density at radius 2 is 2.00 bits per heavy atom. The zero-order chi connectivity index (χ0) is 12.9. The van der Waals surface area contributed by atoms with Gasteiger partial charge in [-0.15, -0.1) is 0 Å². The first-order chi connectivity index (χ1) is 8.49. The zero-order valence-corrected chi connectivity index (χ0v) is 10.5. The molecule has 3 aliphatic carbocycles. The molecule has 0 saturated carbocycles. The molecule has 4 heteroatoms. The summed E-state index contributed by atoms with van der Waals surface area (Å²) in [6, 6.07) is 7.31. The van der Waals surface area contributed by atoms with E-state index in [2.05, 4.69) is 0 Å². The Morgan fingerprint density at radius 1 is 1.22 bits per heavy atom. The van der Waals surface area contributed by atoms with Gasteiger partial charge in [0.2, 0.25) is 0 Å². The average Bonchev–Trinajstić information content (AvgIpc) is 2.95. The molecule has 0 aromatic rings. The van der Waals surface area contributed by atoms with E-state index in [1.165, 1.54) is 5.41 Å². The predicted octanol–water partition coefficient (Wildman–Crippen LogP) is 0.529. The minimum Gasteiger partial charge on any atom is -0.298 e. The Balaban J connectivity index is 2.45. The third kappa shape index (κ3) is 1.75. The van der Waals surface area contributed by atoms with Crippen LogP contribution in [0, 0.1) is 0 Å². The van der Waals surface area contributed by atoms with Gasteiger partial charge in [-0.1, -0.05) is 18.2 Å². The van der Waals surface area contributed by atoms with Gasteiger partial charge in [-0.3, -0.25) is 4.79 Å². The van der Waals surface area contributed by atoms with Crippen LogP contribution >= 0.6 is 0 Å². The van der Waals surface area contributed by atoms with Crippen LogP contribution in [0.1, 0.15) is 15.9 Å². The van der Waals surface area contributed by atoms with Gasteiger partial charge in [0.25, 0.3) is 0 Å². The van der Waals surface area contributed by atoms with E-state index in [-0.39, 0.29) is 0 Å². The summed E-state index contributed by atoms with van der Waals surface area (Å²) in [4.78, 5) is 11.1. The first-order valence-corrected chi connectivity index (χ1v) is 7.39. The molecule has 0 aromatic carbocycles. The lowest BCUT2D eigenvalue weighted by molar-refractivity contribution is 0.112. The van der Waals surface area contributed by atoms with Gasteiger partial charge < -0.3 is 0 Å². The van der Waals surface area contributed by atoms with Crippen molar-refractivity contribution in [2.75, 3.05) is 6.26 Å². The number of carbonyl (C=O) groups excluding carboxylic acids is 1. The van der Waals surface area contributed by atoms with Crippen LogP contribution in [0.3, 0.4) is 0 Å². The molecule has 0 bridgehead atoms. The molecule has 0 N–H and O–H groups in total. The van der Waals surface area contributed by atoms with Crippen molar-refractivity contribution in [1.29, 1.82) is 0 Å². The number of aldehydes is 1. The van der Waals surface area contributed by atoms with Gasteiger partial charge in [-0.2, -0.15) is 0 Å². The molecule has 0 aromatic heterocycles. The zero-order valence-electron chi connectivity index (χ0n) is 9.67. The van der Waals surface area contributed by atoms with Gasteiger partial charge in [0.15, 0.2) is 16.1 Å². The second-order valence-electron chi connectivity index (χ2n) is 4.45. The van der Waals surface area contributed by atoms with Crippen molar-refractivity contribution in [1.82, 2.24) is 0 Å². The average molecular weight is 258 g/mol. The van der Waals surface area contributed by atoms with Crippen LogP contribution in [0.2, 0.25) is 0 Å². The van der Waals surface area contributed by atoms with E-state index in [9.17, 15) is 13.2 Å². The number of fused-ring (bicyclic) bond motifs is 3. The molecule has 0 saturated heterocycles. The van der Waals surface area contributed by atoms with Crippen LogP contribution in [0.4, 0.5) is 0 Å². The fourth-order valence-electron chi connectivity index (χ4n) is 2.24. The Hall–Kier alpha value is -1.94. The maximum absolute atomic E-state index is 11.4. The summed E-state index contributed by atoms with van der Waals surface area (Å²) in [6.45, 7) is 0. The van der Waals surface area contributed by atoms with Crippen molar-refractivity contribution in [3.63, 3.8) is 0 Å². The number of hydrogen-bond acceptors (Lipinski definition) is 3. The monoisotopic (exact) mass is 258 g/mol. The Morgan fingerprint density at radius 3 is 2.67 bits per heavy atom. The molecule has 0 amide bonds. The number of rotatable bonds is 2. The summed E-state index contributed by atoms with van der Waals surface area (Å²) in [7, 11) is -3.23. The van der Waals surface area contributed by atoms with E-state index in [0.717, 1.165) is 34.5 Å². The SMILES string of the molecule is CS(=O)(=O)/C=c1\cc(C=O)c2cccc3c(c1-2)C=3.